The Kier molecular flexibility index (Phi) is 3.96. The van der Waals surface area contributed by atoms with Gasteiger partial charge in [-0.1, -0.05) is 11.6 Å². The minimum Gasteiger partial charge on any atom is -0.479 e. The first kappa shape index (κ1) is 12.1. The largest absolute Gasteiger partial charge is 0.479 e. The van der Waals surface area contributed by atoms with E-state index in [0.717, 1.165) is 0 Å². The zero-order chi connectivity index (χ0) is 12.1. The molecule has 1 atom stereocenters. The van der Waals surface area contributed by atoms with Crippen LogP contribution in [0.2, 0.25) is 0 Å². The average Bonchev–Trinajstić information content (AvgIpc) is 2.26. The highest BCUT2D eigenvalue weighted by atomic mass is 35.5. The van der Waals surface area contributed by atoms with Crippen LogP contribution >= 0.6 is 11.6 Å². The van der Waals surface area contributed by atoms with Crippen molar-refractivity contribution in [2.45, 2.75) is 5.50 Å². The summed E-state index contributed by atoms with van der Waals surface area (Å²) in [5, 5.41) is 23.9. The third kappa shape index (κ3) is 3.32. The van der Waals surface area contributed by atoms with E-state index in [2.05, 4.69) is 10.2 Å². The fourth-order valence-electron chi connectivity index (χ4n) is 0.837. The molecular weight excluding hydrogens is 236 g/mol. The van der Waals surface area contributed by atoms with Gasteiger partial charge in [-0.2, -0.15) is 10.2 Å². The quantitative estimate of drug-likeness (QED) is 0.480. The van der Waals surface area contributed by atoms with Gasteiger partial charge in [-0.05, 0) is 24.3 Å². The molecule has 0 aromatic heterocycles. The van der Waals surface area contributed by atoms with Crippen molar-refractivity contribution in [3.8, 4) is 0 Å². The molecule has 0 amide bonds. The van der Waals surface area contributed by atoms with E-state index in [1.165, 1.54) is 24.3 Å². The number of carboxylic acid groups (broad SMARTS) is 2. The summed E-state index contributed by atoms with van der Waals surface area (Å²) in [5.74, 6) is -2.35. The molecule has 2 N–H and O–H groups in total. The molecule has 0 spiro atoms. The zero-order valence-corrected chi connectivity index (χ0v) is 8.63. The number of rotatable bonds is 4. The number of carbonyl (C=O) groups is 2. The van der Waals surface area contributed by atoms with Gasteiger partial charge in [-0.15, -0.1) is 0 Å². The molecule has 84 valence electrons. The van der Waals surface area contributed by atoms with Crippen molar-refractivity contribution in [3.05, 3.63) is 29.8 Å². The zero-order valence-electron chi connectivity index (χ0n) is 7.87. The Hall–Kier alpha value is -1.95. The van der Waals surface area contributed by atoms with E-state index in [1.807, 2.05) is 0 Å². The van der Waals surface area contributed by atoms with Crippen molar-refractivity contribution in [2.24, 2.45) is 10.2 Å². The summed E-state index contributed by atoms with van der Waals surface area (Å²) in [4.78, 5) is 20.8. The lowest BCUT2D eigenvalue weighted by molar-refractivity contribution is -0.136. The van der Waals surface area contributed by atoms with E-state index in [1.54, 1.807) is 0 Å². The van der Waals surface area contributed by atoms with Crippen molar-refractivity contribution < 1.29 is 19.8 Å². The van der Waals surface area contributed by atoms with Crippen molar-refractivity contribution in [2.75, 3.05) is 0 Å². The summed E-state index contributed by atoms with van der Waals surface area (Å²) in [6.07, 6.45) is 0. The Morgan fingerprint density at radius 3 is 2.19 bits per heavy atom. The summed E-state index contributed by atoms with van der Waals surface area (Å²) < 4.78 is 0. The van der Waals surface area contributed by atoms with Gasteiger partial charge in [0.05, 0.1) is 11.3 Å². The number of halogens is 1. The van der Waals surface area contributed by atoms with E-state index < -0.39 is 17.4 Å². The number of aromatic carboxylic acids is 1. The molecule has 6 nitrogen and oxygen atoms in total. The molecule has 0 aliphatic carbocycles. The molecular formula is C9H7ClN2O4. The molecule has 0 bridgehead atoms. The molecule has 1 rings (SSSR count). The summed E-state index contributed by atoms with van der Waals surface area (Å²) in [5.41, 5.74) is -1.00. The van der Waals surface area contributed by atoms with Crippen LogP contribution < -0.4 is 0 Å². The highest BCUT2D eigenvalue weighted by molar-refractivity contribution is 6.29. The average molecular weight is 243 g/mol. The topological polar surface area (TPSA) is 99.3 Å². The fourth-order valence-corrected chi connectivity index (χ4v) is 0.881. The summed E-state index contributed by atoms with van der Waals surface area (Å²) >= 11 is 5.29. The van der Waals surface area contributed by atoms with Crippen LogP contribution in [0.25, 0.3) is 0 Å². The second kappa shape index (κ2) is 5.22. The number of alkyl halides is 1. The number of hydrogen-bond donors (Lipinski definition) is 2. The number of nitrogens with zero attached hydrogens (tertiary/aromatic N) is 2. The molecule has 0 saturated heterocycles. The number of aliphatic carboxylic acids is 1. The fraction of sp³-hybridized carbons (Fsp3) is 0.111. The predicted octanol–water partition coefficient (Wildman–Crippen LogP) is 2.12. The van der Waals surface area contributed by atoms with Crippen LogP contribution in [-0.4, -0.2) is 27.7 Å². The summed E-state index contributed by atoms with van der Waals surface area (Å²) in [7, 11) is 0. The molecule has 0 aliphatic rings. The van der Waals surface area contributed by atoms with Crippen LogP contribution in [0.5, 0.6) is 0 Å². The van der Waals surface area contributed by atoms with E-state index in [4.69, 9.17) is 21.8 Å². The Morgan fingerprint density at radius 2 is 1.75 bits per heavy atom. The van der Waals surface area contributed by atoms with Crippen LogP contribution in [0, 0.1) is 0 Å². The van der Waals surface area contributed by atoms with Crippen molar-refractivity contribution in [3.63, 3.8) is 0 Å². The summed E-state index contributed by atoms with van der Waals surface area (Å²) in [6, 6.07) is 5.47. The van der Waals surface area contributed by atoms with Crippen molar-refractivity contribution in [1.82, 2.24) is 0 Å². The van der Waals surface area contributed by atoms with Crippen LogP contribution in [-0.2, 0) is 4.79 Å². The molecule has 0 saturated carbocycles. The standard InChI is InChI=1S/C9H7ClN2O4/c10-7(9(15)16)12-11-6-3-1-5(2-4-6)8(13)14/h1-4,7H,(H,13,14)(H,15,16). The maximum Gasteiger partial charge on any atom is 0.345 e. The molecule has 0 fully saturated rings. The third-order valence-corrected chi connectivity index (χ3v) is 1.87. The monoisotopic (exact) mass is 242 g/mol. The molecule has 1 aromatic rings. The van der Waals surface area contributed by atoms with Gasteiger partial charge < -0.3 is 10.2 Å². The van der Waals surface area contributed by atoms with Crippen molar-refractivity contribution >= 4 is 29.2 Å². The van der Waals surface area contributed by atoms with Gasteiger partial charge in [0, 0.05) is 0 Å². The second-order valence-corrected chi connectivity index (χ2v) is 3.15. The minimum absolute atomic E-state index is 0.111. The smallest absolute Gasteiger partial charge is 0.345 e. The first-order chi connectivity index (χ1) is 7.50. The Balaban J connectivity index is 2.76. The van der Waals surface area contributed by atoms with Crippen LogP contribution in [0.1, 0.15) is 10.4 Å². The van der Waals surface area contributed by atoms with Gasteiger partial charge in [-0.25, -0.2) is 9.59 Å². The number of carboxylic acids is 2. The molecule has 16 heavy (non-hydrogen) atoms. The SMILES string of the molecule is O=C(O)c1ccc(N=NC(Cl)C(=O)O)cc1. The number of benzene rings is 1. The lowest BCUT2D eigenvalue weighted by Crippen LogP contribution is -2.08. The van der Waals surface area contributed by atoms with Crippen LogP contribution in [0.4, 0.5) is 5.69 Å². The molecule has 0 aliphatic heterocycles. The van der Waals surface area contributed by atoms with E-state index >= 15 is 0 Å². The van der Waals surface area contributed by atoms with Gasteiger partial charge in [0.2, 0.25) is 5.50 Å². The third-order valence-electron chi connectivity index (χ3n) is 1.59. The highest BCUT2D eigenvalue weighted by Crippen LogP contribution is 2.15. The molecule has 1 aromatic carbocycles. The molecule has 1 unspecified atom stereocenters. The first-order valence-electron chi connectivity index (χ1n) is 4.12. The minimum atomic E-state index is -1.45. The number of hydrogen-bond acceptors (Lipinski definition) is 4. The predicted molar refractivity (Wildman–Crippen MR) is 55.2 cm³/mol. The molecule has 0 radical (unpaired) electrons. The van der Waals surface area contributed by atoms with Gasteiger partial charge in [0.15, 0.2) is 0 Å². The Bertz CT molecular complexity index is 430. The van der Waals surface area contributed by atoms with E-state index in [-0.39, 0.29) is 5.56 Å². The van der Waals surface area contributed by atoms with Crippen LogP contribution in [0.3, 0.4) is 0 Å². The second-order valence-electron chi connectivity index (χ2n) is 2.74. The highest BCUT2D eigenvalue weighted by Gasteiger charge is 2.10. The molecule has 7 heteroatoms. The van der Waals surface area contributed by atoms with Gasteiger partial charge >= 0.3 is 11.9 Å². The normalized spacial score (nSPS) is 12.6. The maximum atomic E-state index is 10.5. The first-order valence-corrected chi connectivity index (χ1v) is 4.55. The Morgan fingerprint density at radius 1 is 1.19 bits per heavy atom. The van der Waals surface area contributed by atoms with Crippen molar-refractivity contribution in [1.29, 1.82) is 0 Å². The van der Waals surface area contributed by atoms with Gasteiger partial charge in [0.25, 0.3) is 0 Å². The lowest BCUT2D eigenvalue weighted by atomic mass is 10.2. The van der Waals surface area contributed by atoms with Gasteiger partial charge in [-0.3, -0.25) is 0 Å². The van der Waals surface area contributed by atoms with Gasteiger partial charge in [0.1, 0.15) is 0 Å². The summed E-state index contributed by atoms with van der Waals surface area (Å²) in [6.45, 7) is 0. The Labute approximate surface area is 95.2 Å². The maximum absolute atomic E-state index is 10.5. The lowest BCUT2D eigenvalue weighted by Gasteiger charge is -1.96. The van der Waals surface area contributed by atoms with Crippen LogP contribution in [0.15, 0.2) is 34.5 Å². The van der Waals surface area contributed by atoms with E-state index in [9.17, 15) is 9.59 Å². The number of azo groups is 1. The molecule has 0 heterocycles. The van der Waals surface area contributed by atoms with E-state index in [0.29, 0.717) is 5.69 Å².